The van der Waals surface area contributed by atoms with Crippen LogP contribution in [0.1, 0.15) is 6.42 Å². The average molecular weight is 356 g/mol. The first kappa shape index (κ1) is 18.1. The van der Waals surface area contributed by atoms with Crippen LogP contribution in [0.4, 0.5) is 10.5 Å². The first-order valence-corrected chi connectivity index (χ1v) is 8.74. The maximum Gasteiger partial charge on any atom is 0.322 e. The Morgan fingerprint density at radius 2 is 1.81 bits per heavy atom. The number of rotatable bonds is 7. The van der Waals surface area contributed by atoms with Gasteiger partial charge in [-0.05, 0) is 30.7 Å². The number of anilines is 1. The van der Waals surface area contributed by atoms with Gasteiger partial charge in [0.1, 0.15) is 24.7 Å². The highest BCUT2D eigenvalue weighted by atomic mass is 16.5. The van der Waals surface area contributed by atoms with E-state index in [2.05, 4.69) is 5.32 Å². The molecule has 1 fully saturated rings. The predicted molar refractivity (Wildman–Crippen MR) is 99.9 cm³/mol. The first-order valence-electron chi connectivity index (χ1n) is 8.74. The van der Waals surface area contributed by atoms with Gasteiger partial charge in [0, 0.05) is 20.2 Å². The van der Waals surface area contributed by atoms with E-state index in [4.69, 9.17) is 14.2 Å². The molecule has 1 aliphatic heterocycles. The van der Waals surface area contributed by atoms with Crippen LogP contribution in [0.25, 0.3) is 0 Å². The van der Waals surface area contributed by atoms with E-state index in [1.165, 1.54) is 0 Å². The van der Waals surface area contributed by atoms with Gasteiger partial charge in [0.05, 0.1) is 11.8 Å². The highest BCUT2D eigenvalue weighted by molar-refractivity contribution is 5.91. The lowest BCUT2D eigenvalue weighted by atomic mass is 10.3. The van der Waals surface area contributed by atoms with Crippen molar-refractivity contribution < 1.29 is 19.0 Å². The van der Waals surface area contributed by atoms with Gasteiger partial charge in [-0.2, -0.15) is 0 Å². The van der Waals surface area contributed by atoms with Gasteiger partial charge in [-0.3, -0.25) is 0 Å². The Balaban J connectivity index is 1.50. The largest absolute Gasteiger partial charge is 0.490 e. The summed E-state index contributed by atoms with van der Waals surface area (Å²) >= 11 is 0. The molecule has 1 saturated heterocycles. The molecule has 6 heteroatoms. The number of nitrogens with one attached hydrogen (secondary N) is 1. The third-order valence-corrected chi connectivity index (χ3v) is 4.25. The van der Waals surface area contributed by atoms with Gasteiger partial charge in [-0.25, -0.2) is 4.79 Å². The second kappa shape index (κ2) is 9.10. The number of carbonyl (C=O) groups excluding carboxylic acids is 1. The normalized spacial score (nSPS) is 16.3. The van der Waals surface area contributed by atoms with Crippen molar-refractivity contribution in [3.05, 3.63) is 54.6 Å². The molecule has 138 valence electrons. The molecule has 0 unspecified atom stereocenters. The van der Waals surface area contributed by atoms with Gasteiger partial charge in [0.25, 0.3) is 0 Å². The lowest BCUT2D eigenvalue weighted by Crippen LogP contribution is -2.34. The molecular formula is C20H24N2O4. The van der Waals surface area contributed by atoms with E-state index in [9.17, 15) is 4.79 Å². The van der Waals surface area contributed by atoms with E-state index >= 15 is 0 Å². The minimum absolute atomic E-state index is 0.113. The molecule has 1 heterocycles. The van der Waals surface area contributed by atoms with Crippen LogP contribution in [0, 0.1) is 0 Å². The summed E-state index contributed by atoms with van der Waals surface area (Å²) < 4.78 is 16.7. The number of carbonyl (C=O) groups is 1. The minimum Gasteiger partial charge on any atom is -0.490 e. The molecule has 0 saturated carbocycles. The zero-order chi connectivity index (χ0) is 18.2. The fourth-order valence-electron chi connectivity index (χ4n) is 2.82. The molecule has 1 atom stereocenters. The molecule has 1 aliphatic rings. The molecule has 0 spiro atoms. The van der Waals surface area contributed by atoms with Crippen LogP contribution in [0.3, 0.4) is 0 Å². The van der Waals surface area contributed by atoms with E-state index < -0.39 is 0 Å². The fraction of sp³-hybridized carbons (Fsp3) is 0.350. The van der Waals surface area contributed by atoms with Gasteiger partial charge in [0.2, 0.25) is 0 Å². The number of likely N-dealkylation sites (tertiary alicyclic amines) is 1. The Morgan fingerprint density at radius 1 is 1.08 bits per heavy atom. The molecule has 0 bridgehead atoms. The maximum absolute atomic E-state index is 12.4. The quantitative estimate of drug-likeness (QED) is 0.773. The SMILES string of the molecule is CO[C@H]1CCN(C(=O)Nc2ccccc2OCCOc2ccccc2)C1. The van der Waals surface area contributed by atoms with Crippen LogP contribution in [0.5, 0.6) is 11.5 Å². The van der Waals surface area contributed by atoms with Gasteiger partial charge in [-0.1, -0.05) is 30.3 Å². The van der Waals surface area contributed by atoms with Gasteiger partial charge in [0.15, 0.2) is 0 Å². The summed E-state index contributed by atoms with van der Waals surface area (Å²) in [6, 6.07) is 16.9. The number of urea groups is 1. The molecule has 3 rings (SSSR count). The number of hydrogen-bond acceptors (Lipinski definition) is 4. The first-order chi connectivity index (χ1) is 12.8. The van der Waals surface area contributed by atoms with Crippen molar-refractivity contribution in [1.82, 2.24) is 4.90 Å². The highest BCUT2D eigenvalue weighted by Gasteiger charge is 2.26. The second-order valence-corrected chi connectivity index (χ2v) is 6.03. The molecule has 2 amide bonds. The summed E-state index contributed by atoms with van der Waals surface area (Å²) in [5.41, 5.74) is 0.651. The molecule has 2 aromatic carbocycles. The Hall–Kier alpha value is -2.73. The van der Waals surface area contributed by atoms with E-state index in [0.717, 1.165) is 12.2 Å². The average Bonchev–Trinajstić information content (AvgIpc) is 3.17. The van der Waals surface area contributed by atoms with Crippen molar-refractivity contribution in [3.8, 4) is 11.5 Å². The molecule has 2 aromatic rings. The van der Waals surface area contributed by atoms with Crippen molar-refractivity contribution in [3.63, 3.8) is 0 Å². The zero-order valence-electron chi connectivity index (χ0n) is 14.9. The summed E-state index contributed by atoms with van der Waals surface area (Å²) in [7, 11) is 1.67. The summed E-state index contributed by atoms with van der Waals surface area (Å²) in [5.74, 6) is 1.43. The van der Waals surface area contributed by atoms with Gasteiger partial charge < -0.3 is 24.4 Å². The number of methoxy groups -OCH3 is 1. The van der Waals surface area contributed by atoms with Crippen LogP contribution in [-0.2, 0) is 4.74 Å². The number of para-hydroxylation sites is 3. The van der Waals surface area contributed by atoms with E-state index in [1.807, 2.05) is 54.6 Å². The maximum atomic E-state index is 12.4. The third kappa shape index (κ3) is 4.89. The number of nitrogens with zero attached hydrogens (tertiary/aromatic N) is 1. The minimum atomic E-state index is -0.138. The number of ether oxygens (including phenoxy) is 3. The highest BCUT2D eigenvalue weighted by Crippen LogP contribution is 2.25. The third-order valence-electron chi connectivity index (χ3n) is 4.25. The number of hydrogen-bond donors (Lipinski definition) is 1. The molecule has 0 radical (unpaired) electrons. The Bertz CT molecular complexity index is 708. The molecule has 0 aliphatic carbocycles. The van der Waals surface area contributed by atoms with Crippen molar-refractivity contribution in [2.45, 2.75) is 12.5 Å². The summed E-state index contributed by atoms with van der Waals surface area (Å²) in [5, 5.41) is 2.92. The number of benzene rings is 2. The van der Waals surface area contributed by atoms with Gasteiger partial charge >= 0.3 is 6.03 Å². The van der Waals surface area contributed by atoms with Crippen LogP contribution in [-0.4, -0.2) is 50.4 Å². The monoisotopic (exact) mass is 356 g/mol. The molecular weight excluding hydrogens is 332 g/mol. The predicted octanol–water partition coefficient (Wildman–Crippen LogP) is 3.40. The van der Waals surface area contributed by atoms with Crippen molar-refractivity contribution in [2.24, 2.45) is 0 Å². The summed E-state index contributed by atoms with van der Waals surface area (Å²) in [6.07, 6.45) is 0.973. The molecule has 0 aromatic heterocycles. The van der Waals surface area contributed by atoms with Crippen LogP contribution in [0.15, 0.2) is 54.6 Å². The second-order valence-electron chi connectivity index (χ2n) is 6.03. The van der Waals surface area contributed by atoms with E-state index in [1.54, 1.807) is 12.0 Å². The lowest BCUT2D eigenvalue weighted by molar-refractivity contribution is 0.111. The fourth-order valence-corrected chi connectivity index (χ4v) is 2.82. The zero-order valence-corrected chi connectivity index (χ0v) is 14.9. The van der Waals surface area contributed by atoms with E-state index in [-0.39, 0.29) is 12.1 Å². The van der Waals surface area contributed by atoms with Crippen molar-refractivity contribution in [2.75, 3.05) is 38.7 Å². The molecule has 26 heavy (non-hydrogen) atoms. The van der Waals surface area contributed by atoms with Crippen molar-refractivity contribution >= 4 is 11.7 Å². The number of amides is 2. The molecule has 1 N–H and O–H groups in total. The van der Waals surface area contributed by atoms with Crippen LogP contribution in [0.2, 0.25) is 0 Å². The Morgan fingerprint density at radius 3 is 2.58 bits per heavy atom. The topological polar surface area (TPSA) is 60.0 Å². The lowest BCUT2D eigenvalue weighted by Gasteiger charge is -2.18. The summed E-state index contributed by atoms with van der Waals surface area (Å²) in [4.78, 5) is 14.2. The Kier molecular flexibility index (Phi) is 6.33. The van der Waals surface area contributed by atoms with E-state index in [0.29, 0.717) is 37.7 Å². The Labute approximate surface area is 153 Å². The standard InChI is InChI=1S/C20H24N2O4/c1-24-17-11-12-22(15-17)20(23)21-18-9-5-6-10-19(18)26-14-13-25-16-7-3-2-4-8-16/h2-10,17H,11-15H2,1H3,(H,21,23)/t17-/m0/s1. The van der Waals surface area contributed by atoms with Crippen molar-refractivity contribution in [1.29, 1.82) is 0 Å². The van der Waals surface area contributed by atoms with Crippen LogP contribution >= 0.6 is 0 Å². The molecule has 6 nitrogen and oxygen atoms in total. The smallest absolute Gasteiger partial charge is 0.322 e. The van der Waals surface area contributed by atoms with Gasteiger partial charge in [-0.15, -0.1) is 0 Å². The van der Waals surface area contributed by atoms with Crippen LogP contribution < -0.4 is 14.8 Å². The summed E-state index contributed by atoms with van der Waals surface area (Å²) in [6.45, 7) is 2.11.